The molecule has 0 radical (unpaired) electrons. The first-order chi connectivity index (χ1) is 21.4. The van der Waals surface area contributed by atoms with Gasteiger partial charge < -0.3 is 24.6 Å². The average molecular weight is 633 g/mol. The van der Waals surface area contributed by atoms with E-state index in [-0.39, 0.29) is 60.1 Å². The number of likely N-dealkylation sites (N-methyl/N-ethyl adjacent to an activating group) is 1. The van der Waals surface area contributed by atoms with Gasteiger partial charge in [-0.25, -0.2) is 8.42 Å². The van der Waals surface area contributed by atoms with Crippen molar-refractivity contribution in [1.29, 1.82) is 0 Å². The predicted octanol–water partition coefficient (Wildman–Crippen LogP) is 4.21. The molecule has 2 heterocycles. The first-order valence-corrected chi connectivity index (χ1v) is 16.4. The second-order valence-electron chi connectivity index (χ2n) is 11.9. The number of amides is 2. The van der Waals surface area contributed by atoms with E-state index in [4.69, 9.17) is 4.74 Å². The van der Waals surface area contributed by atoms with Crippen LogP contribution in [0.1, 0.15) is 35.3 Å². The Labute approximate surface area is 264 Å². The molecule has 0 aliphatic carbocycles. The molecule has 10 nitrogen and oxygen atoms in total. The van der Waals surface area contributed by atoms with Crippen molar-refractivity contribution >= 4 is 38.4 Å². The van der Waals surface area contributed by atoms with E-state index in [0.29, 0.717) is 5.69 Å². The molecule has 3 atom stereocenters. The third-order valence-electron chi connectivity index (χ3n) is 8.45. The van der Waals surface area contributed by atoms with Gasteiger partial charge in [-0.05, 0) is 55.8 Å². The third kappa shape index (κ3) is 6.75. The van der Waals surface area contributed by atoms with Crippen molar-refractivity contribution in [2.75, 3.05) is 32.1 Å². The first-order valence-electron chi connectivity index (χ1n) is 15.0. The summed E-state index contributed by atoms with van der Waals surface area (Å²) in [5.41, 5.74) is 3.53. The fourth-order valence-corrected chi connectivity index (χ4v) is 6.89. The molecule has 45 heavy (non-hydrogen) atoms. The van der Waals surface area contributed by atoms with Gasteiger partial charge in [-0.2, -0.15) is 4.31 Å². The molecule has 2 amide bonds. The second-order valence-corrected chi connectivity index (χ2v) is 14.0. The highest BCUT2D eigenvalue weighted by molar-refractivity contribution is 7.89. The molecule has 1 aromatic heterocycles. The summed E-state index contributed by atoms with van der Waals surface area (Å²) in [5, 5.41) is 13.9. The lowest BCUT2D eigenvalue weighted by molar-refractivity contribution is -0.115. The first kappa shape index (κ1) is 32.2. The largest absolute Gasteiger partial charge is 0.488 e. The number of fused-ring (bicyclic) bond motifs is 2. The van der Waals surface area contributed by atoms with E-state index in [0.717, 1.165) is 22.0 Å². The summed E-state index contributed by atoms with van der Waals surface area (Å²) in [6.45, 7) is 5.57. The number of nitrogens with one attached hydrogen (secondary N) is 1. The van der Waals surface area contributed by atoms with Crippen molar-refractivity contribution in [1.82, 2.24) is 13.8 Å². The number of para-hydroxylation sites is 1. The molecule has 5 rings (SSSR count). The number of aryl methyl sites for hydroxylation is 2. The van der Waals surface area contributed by atoms with Crippen LogP contribution in [0.4, 0.5) is 5.69 Å². The van der Waals surface area contributed by atoms with Crippen LogP contribution in [0.3, 0.4) is 0 Å². The summed E-state index contributed by atoms with van der Waals surface area (Å²) in [7, 11) is -0.346. The number of hydrogen-bond donors (Lipinski definition) is 2. The van der Waals surface area contributed by atoms with Crippen LogP contribution in [0.2, 0.25) is 0 Å². The van der Waals surface area contributed by atoms with Crippen molar-refractivity contribution in [3.05, 3.63) is 89.6 Å². The van der Waals surface area contributed by atoms with E-state index in [9.17, 15) is 23.1 Å². The lowest BCUT2D eigenvalue weighted by Gasteiger charge is -2.38. The van der Waals surface area contributed by atoms with Gasteiger partial charge in [0.1, 0.15) is 11.9 Å². The number of aromatic nitrogens is 1. The smallest absolute Gasteiger partial charge is 0.258 e. The minimum atomic E-state index is -3.80. The van der Waals surface area contributed by atoms with Crippen LogP contribution in [0, 0.1) is 12.8 Å². The molecular formula is C34H40N4O6S. The maximum atomic E-state index is 13.8. The second kappa shape index (κ2) is 13.0. The van der Waals surface area contributed by atoms with Gasteiger partial charge in [0.15, 0.2) is 0 Å². The van der Waals surface area contributed by atoms with Gasteiger partial charge in [-0.3, -0.25) is 9.59 Å². The van der Waals surface area contributed by atoms with Crippen LogP contribution in [-0.4, -0.2) is 78.0 Å². The Morgan fingerprint density at radius 1 is 1.13 bits per heavy atom. The number of carbonyl (C=O) groups excluding carboxylic acids is 2. The minimum absolute atomic E-state index is 0.0376. The molecule has 11 heteroatoms. The normalized spacial score (nSPS) is 17.8. The van der Waals surface area contributed by atoms with E-state index < -0.39 is 22.2 Å². The van der Waals surface area contributed by atoms with Gasteiger partial charge in [0, 0.05) is 49.3 Å². The molecule has 238 valence electrons. The molecule has 4 aromatic rings. The SMILES string of the molecule is Cc1ccc(S(=O)(=O)N(C)C[C@@H]2Oc3ccc(NC(=O)Cc4cn(C)c5ccccc45)cc3C(=O)N([C@@H](C)CO)C[C@H]2C)cc1. The van der Waals surface area contributed by atoms with Crippen LogP contribution in [0.25, 0.3) is 10.9 Å². The van der Waals surface area contributed by atoms with Crippen LogP contribution in [0.15, 0.2) is 77.8 Å². The zero-order valence-corrected chi connectivity index (χ0v) is 27.0. The number of ether oxygens (including phenoxy) is 1. The molecular weight excluding hydrogens is 592 g/mol. The Hall–Kier alpha value is -4.19. The number of aliphatic hydroxyl groups excluding tert-OH is 1. The molecule has 3 aromatic carbocycles. The molecule has 2 N–H and O–H groups in total. The zero-order valence-electron chi connectivity index (χ0n) is 26.2. The number of carbonyl (C=O) groups is 2. The van der Waals surface area contributed by atoms with E-state index >= 15 is 0 Å². The predicted molar refractivity (Wildman–Crippen MR) is 174 cm³/mol. The van der Waals surface area contributed by atoms with Crippen molar-refractivity contribution in [2.45, 2.75) is 44.2 Å². The summed E-state index contributed by atoms with van der Waals surface area (Å²) in [6.07, 6.45) is 1.48. The average Bonchev–Trinajstić information content (AvgIpc) is 3.33. The van der Waals surface area contributed by atoms with Gasteiger partial charge in [0.2, 0.25) is 15.9 Å². The molecule has 0 unspecified atom stereocenters. The van der Waals surface area contributed by atoms with Crippen LogP contribution >= 0.6 is 0 Å². The van der Waals surface area contributed by atoms with E-state index in [1.165, 1.54) is 11.4 Å². The Kier molecular flexibility index (Phi) is 9.33. The number of nitrogens with zero attached hydrogens (tertiary/aromatic N) is 3. The molecule has 0 spiro atoms. The van der Waals surface area contributed by atoms with Crippen molar-refractivity contribution in [3.8, 4) is 5.75 Å². The molecule has 0 bridgehead atoms. The van der Waals surface area contributed by atoms with Crippen molar-refractivity contribution in [2.24, 2.45) is 13.0 Å². The lowest BCUT2D eigenvalue weighted by atomic mass is 9.99. The Morgan fingerprint density at radius 3 is 2.56 bits per heavy atom. The fraction of sp³-hybridized carbons (Fsp3) is 0.353. The number of aliphatic hydroxyl groups is 1. The van der Waals surface area contributed by atoms with Gasteiger partial charge in [-0.15, -0.1) is 0 Å². The monoisotopic (exact) mass is 632 g/mol. The zero-order chi connectivity index (χ0) is 32.5. The minimum Gasteiger partial charge on any atom is -0.488 e. The van der Waals surface area contributed by atoms with Gasteiger partial charge in [0.05, 0.1) is 36.1 Å². The number of anilines is 1. The quantitative estimate of drug-likeness (QED) is 0.285. The summed E-state index contributed by atoms with van der Waals surface area (Å²) >= 11 is 0. The standard InChI is InChI=1S/C34H40N4O6S/c1-22-10-13-27(14-11-22)45(42,43)37(5)20-32-23(2)18-38(24(3)21-39)34(41)29-17-26(12-15-31(29)44-32)35-33(40)16-25-19-36(4)30-9-7-6-8-28(25)30/h6-15,17,19,23-24,32,39H,16,18,20-21H2,1-5H3,(H,35,40)/t23-,24+,32+/m1/s1. The highest BCUT2D eigenvalue weighted by Crippen LogP contribution is 2.31. The van der Waals surface area contributed by atoms with E-state index in [1.807, 2.05) is 55.9 Å². The molecule has 1 aliphatic rings. The lowest BCUT2D eigenvalue weighted by Crippen LogP contribution is -2.50. The van der Waals surface area contributed by atoms with Gasteiger partial charge in [0.25, 0.3) is 5.91 Å². The van der Waals surface area contributed by atoms with Crippen molar-refractivity contribution in [3.63, 3.8) is 0 Å². The summed E-state index contributed by atoms with van der Waals surface area (Å²) < 4.78 is 36.4. The molecule has 0 fully saturated rings. The van der Waals surface area contributed by atoms with Crippen LogP contribution in [0.5, 0.6) is 5.75 Å². The van der Waals surface area contributed by atoms with Crippen LogP contribution < -0.4 is 10.1 Å². The maximum Gasteiger partial charge on any atom is 0.258 e. The van der Waals surface area contributed by atoms with Crippen molar-refractivity contribution < 1.29 is 27.9 Å². The van der Waals surface area contributed by atoms with Crippen LogP contribution in [-0.2, 0) is 28.3 Å². The Bertz CT molecular complexity index is 1820. The molecule has 0 saturated carbocycles. The molecule has 1 aliphatic heterocycles. The number of hydrogen-bond acceptors (Lipinski definition) is 6. The van der Waals surface area contributed by atoms with Gasteiger partial charge in [-0.1, -0.05) is 42.8 Å². The molecule has 0 saturated heterocycles. The Morgan fingerprint density at radius 2 is 1.84 bits per heavy atom. The Balaban J connectivity index is 1.41. The number of rotatable bonds is 9. The number of benzene rings is 3. The summed E-state index contributed by atoms with van der Waals surface area (Å²) in [6, 6.07) is 18.9. The number of sulfonamides is 1. The fourth-order valence-electron chi connectivity index (χ4n) is 5.70. The summed E-state index contributed by atoms with van der Waals surface area (Å²) in [4.78, 5) is 28.7. The highest BCUT2D eigenvalue weighted by atomic mass is 32.2. The highest BCUT2D eigenvalue weighted by Gasteiger charge is 2.35. The third-order valence-corrected chi connectivity index (χ3v) is 10.3. The van der Waals surface area contributed by atoms with E-state index in [2.05, 4.69) is 5.32 Å². The van der Waals surface area contributed by atoms with E-state index in [1.54, 1.807) is 54.3 Å². The maximum absolute atomic E-state index is 13.8. The summed E-state index contributed by atoms with van der Waals surface area (Å²) in [5.74, 6) is -0.574. The van der Waals surface area contributed by atoms with Gasteiger partial charge >= 0.3 is 0 Å². The topological polar surface area (TPSA) is 121 Å².